The van der Waals surface area contributed by atoms with E-state index in [1.54, 1.807) is 6.20 Å². The van der Waals surface area contributed by atoms with Crippen molar-refractivity contribution in [3.05, 3.63) is 36.1 Å². The van der Waals surface area contributed by atoms with Gasteiger partial charge in [-0.1, -0.05) is 6.92 Å². The fourth-order valence-corrected chi connectivity index (χ4v) is 2.89. The van der Waals surface area contributed by atoms with Gasteiger partial charge in [-0.15, -0.1) is 0 Å². The first kappa shape index (κ1) is 14.0. The number of piperidine rings is 1. The van der Waals surface area contributed by atoms with Crippen molar-refractivity contribution in [2.75, 3.05) is 18.0 Å². The Balaban J connectivity index is 1.63. The van der Waals surface area contributed by atoms with Gasteiger partial charge in [0.1, 0.15) is 12.2 Å². The summed E-state index contributed by atoms with van der Waals surface area (Å²) in [5.41, 5.74) is 0.498. The molecule has 0 amide bonds. The van der Waals surface area contributed by atoms with Crippen molar-refractivity contribution in [1.29, 1.82) is 0 Å². The summed E-state index contributed by atoms with van der Waals surface area (Å²) >= 11 is 0. The Bertz CT molecular complexity index is 576. The molecule has 1 saturated heterocycles. The Hall–Kier alpha value is -1.98. The molecule has 0 aromatic carbocycles. The van der Waals surface area contributed by atoms with Crippen LogP contribution in [0.5, 0.6) is 0 Å². The second-order valence-corrected chi connectivity index (χ2v) is 5.48. The molecule has 0 bridgehead atoms. The Kier molecular flexibility index (Phi) is 4.13. The van der Waals surface area contributed by atoms with Crippen molar-refractivity contribution in [3.8, 4) is 0 Å². The summed E-state index contributed by atoms with van der Waals surface area (Å²) in [4.78, 5) is 17.6. The molecule has 0 spiro atoms. The molecule has 6 heteroatoms. The minimum absolute atomic E-state index is 0.260. The monoisotopic (exact) mass is 289 g/mol. The number of halogens is 1. The third-order valence-corrected chi connectivity index (χ3v) is 4.13. The molecule has 5 nitrogen and oxygen atoms in total. The van der Waals surface area contributed by atoms with Crippen LogP contribution >= 0.6 is 0 Å². The number of nitrogens with zero attached hydrogens (tertiary/aromatic N) is 4. The molecule has 3 rings (SSSR count). The van der Waals surface area contributed by atoms with Crippen molar-refractivity contribution in [2.24, 2.45) is 5.92 Å². The Labute approximate surface area is 123 Å². The van der Waals surface area contributed by atoms with Crippen LogP contribution in [0.4, 0.5) is 10.2 Å². The molecule has 0 atom stereocenters. The number of rotatable bonds is 4. The average Bonchev–Trinajstić information content (AvgIpc) is 3.01. The molecule has 3 heterocycles. The molecule has 2 aromatic rings. The van der Waals surface area contributed by atoms with Crippen LogP contribution in [-0.4, -0.2) is 33.0 Å². The molecule has 0 saturated carbocycles. The zero-order chi connectivity index (χ0) is 14.7. The third-order valence-electron chi connectivity index (χ3n) is 4.13. The lowest BCUT2D eigenvalue weighted by molar-refractivity contribution is 0.393. The van der Waals surface area contributed by atoms with E-state index in [1.165, 1.54) is 6.33 Å². The topological polar surface area (TPSA) is 57.7 Å². The van der Waals surface area contributed by atoms with Crippen LogP contribution < -0.4 is 4.90 Å². The SMILES string of the molecule is CCc1ncnc(N2CCC(Cc3ncc[nH]3)CC2)c1F. The van der Waals surface area contributed by atoms with Crippen LogP contribution in [0.2, 0.25) is 0 Å². The number of nitrogens with one attached hydrogen (secondary N) is 1. The van der Waals surface area contributed by atoms with Gasteiger partial charge in [0, 0.05) is 31.9 Å². The number of imidazole rings is 1. The van der Waals surface area contributed by atoms with Crippen molar-refractivity contribution < 1.29 is 4.39 Å². The first-order chi connectivity index (χ1) is 10.3. The second kappa shape index (κ2) is 6.20. The highest BCUT2D eigenvalue weighted by atomic mass is 19.1. The zero-order valence-electron chi connectivity index (χ0n) is 12.2. The summed E-state index contributed by atoms with van der Waals surface area (Å²) in [7, 11) is 0. The minimum Gasteiger partial charge on any atom is -0.354 e. The van der Waals surface area contributed by atoms with E-state index in [2.05, 4.69) is 19.9 Å². The van der Waals surface area contributed by atoms with Gasteiger partial charge in [0.2, 0.25) is 0 Å². The highest BCUT2D eigenvalue weighted by Gasteiger charge is 2.24. The molecular weight excluding hydrogens is 269 g/mol. The molecule has 1 aliphatic rings. The van der Waals surface area contributed by atoms with Crippen LogP contribution in [0.15, 0.2) is 18.7 Å². The predicted molar refractivity (Wildman–Crippen MR) is 78.6 cm³/mol. The lowest BCUT2D eigenvalue weighted by Gasteiger charge is -2.32. The molecule has 0 unspecified atom stereocenters. The van der Waals surface area contributed by atoms with E-state index in [-0.39, 0.29) is 5.82 Å². The van der Waals surface area contributed by atoms with Crippen molar-refractivity contribution in [3.63, 3.8) is 0 Å². The average molecular weight is 289 g/mol. The molecular formula is C15H20FN5. The zero-order valence-corrected chi connectivity index (χ0v) is 12.2. The molecule has 1 N–H and O–H groups in total. The van der Waals surface area contributed by atoms with Crippen molar-refractivity contribution in [2.45, 2.75) is 32.6 Å². The molecule has 1 fully saturated rings. The first-order valence-electron chi connectivity index (χ1n) is 7.50. The number of H-pyrrole nitrogens is 1. The van der Waals surface area contributed by atoms with Gasteiger partial charge >= 0.3 is 0 Å². The van der Waals surface area contributed by atoms with E-state index in [4.69, 9.17) is 0 Å². The highest BCUT2D eigenvalue weighted by Crippen LogP contribution is 2.26. The maximum Gasteiger partial charge on any atom is 0.187 e. The summed E-state index contributed by atoms with van der Waals surface area (Å²) in [6.07, 6.45) is 8.73. The van der Waals surface area contributed by atoms with Crippen LogP contribution in [-0.2, 0) is 12.8 Å². The lowest BCUT2D eigenvalue weighted by atomic mass is 9.93. The maximum absolute atomic E-state index is 14.3. The molecule has 112 valence electrons. The molecule has 2 aromatic heterocycles. The molecule has 0 aliphatic carbocycles. The van der Waals surface area contributed by atoms with Gasteiger partial charge in [-0.2, -0.15) is 0 Å². The summed E-state index contributed by atoms with van der Waals surface area (Å²) in [6, 6.07) is 0. The molecule has 1 aliphatic heterocycles. The quantitative estimate of drug-likeness (QED) is 0.938. The van der Waals surface area contributed by atoms with E-state index in [0.717, 1.165) is 38.2 Å². The van der Waals surface area contributed by atoms with Crippen molar-refractivity contribution >= 4 is 5.82 Å². The van der Waals surface area contributed by atoms with Crippen LogP contribution in [0, 0.1) is 11.7 Å². The van der Waals surface area contributed by atoms with E-state index in [1.807, 2.05) is 18.0 Å². The third kappa shape index (κ3) is 3.04. The maximum atomic E-state index is 14.3. The summed E-state index contributed by atoms with van der Waals surface area (Å²) in [6.45, 7) is 3.58. The number of hydrogen-bond donors (Lipinski definition) is 1. The first-order valence-corrected chi connectivity index (χ1v) is 7.50. The van der Waals surface area contributed by atoms with Gasteiger partial charge in [-0.25, -0.2) is 19.3 Å². The van der Waals surface area contributed by atoms with Gasteiger partial charge < -0.3 is 9.88 Å². The van der Waals surface area contributed by atoms with Gasteiger partial charge in [0.05, 0.1) is 5.69 Å². The Morgan fingerprint density at radius 2 is 2.10 bits per heavy atom. The fraction of sp³-hybridized carbons (Fsp3) is 0.533. The summed E-state index contributed by atoms with van der Waals surface area (Å²) < 4.78 is 14.3. The number of aromatic amines is 1. The second-order valence-electron chi connectivity index (χ2n) is 5.48. The normalized spacial score (nSPS) is 16.4. The highest BCUT2D eigenvalue weighted by molar-refractivity contribution is 5.41. The van der Waals surface area contributed by atoms with Crippen LogP contribution in [0.3, 0.4) is 0 Å². The van der Waals surface area contributed by atoms with Gasteiger partial charge in [0.15, 0.2) is 11.6 Å². The number of anilines is 1. The fourth-order valence-electron chi connectivity index (χ4n) is 2.89. The number of hydrogen-bond acceptors (Lipinski definition) is 4. The Morgan fingerprint density at radius 1 is 1.29 bits per heavy atom. The van der Waals surface area contributed by atoms with E-state index < -0.39 is 0 Å². The largest absolute Gasteiger partial charge is 0.354 e. The van der Waals surface area contributed by atoms with Gasteiger partial charge in [0.25, 0.3) is 0 Å². The van der Waals surface area contributed by atoms with Gasteiger partial charge in [-0.3, -0.25) is 0 Å². The smallest absolute Gasteiger partial charge is 0.187 e. The lowest BCUT2D eigenvalue weighted by Crippen LogP contribution is -2.35. The van der Waals surface area contributed by atoms with E-state index in [0.29, 0.717) is 23.9 Å². The van der Waals surface area contributed by atoms with Crippen LogP contribution in [0.1, 0.15) is 31.3 Å². The number of aromatic nitrogens is 4. The number of aryl methyl sites for hydroxylation is 1. The minimum atomic E-state index is -0.260. The Morgan fingerprint density at radius 3 is 2.76 bits per heavy atom. The predicted octanol–water partition coefficient (Wildman–Crippen LogP) is 2.36. The van der Waals surface area contributed by atoms with E-state index in [9.17, 15) is 4.39 Å². The van der Waals surface area contributed by atoms with Crippen LogP contribution in [0.25, 0.3) is 0 Å². The van der Waals surface area contributed by atoms with Gasteiger partial charge in [-0.05, 0) is 25.2 Å². The molecule has 0 radical (unpaired) electrons. The van der Waals surface area contributed by atoms with Crippen molar-refractivity contribution in [1.82, 2.24) is 19.9 Å². The molecule has 21 heavy (non-hydrogen) atoms. The summed E-state index contributed by atoms with van der Waals surface area (Å²) in [5.74, 6) is 1.83. The standard InChI is InChI=1S/C15H20FN5/c1-2-12-14(16)15(20-10-19-12)21-7-3-11(4-8-21)9-13-17-5-6-18-13/h5-6,10-11H,2-4,7-9H2,1H3,(H,17,18). The summed E-state index contributed by atoms with van der Waals surface area (Å²) in [5, 5.41) is 0. The van der Waals surface area contributed by atoms with E-state index >= 15 is 0 Å².